The largest absolute Gasteiger partial charge is 0.478 e. The molecule has 2 aliphatic heterocycles. The van der Waals surface area contributed by atoms with Crippen LogP contribution in [0.25, 0.3) is 16.6 Å². The standard InChI is InChI=1S/C48H59ClN6O4Si/c1-48(2)18-15-36(40(32-48)34-9-11-37(49)12-10-34)33-52-22-24-53(25-23-52)38-13-14-39(47(56)57)42(31-38)55-21-17-44(41-8-6-7-19-50-41)59-46-43(55)30-35-16-20-54(45(35)51-46)26-27-58-28-29-60(3,4)5/h6-14,16,19-20,30-31,44H,15,17-18,21-29,32-33H2,1-5H3,(H,56,57). The summed E-state index contributed by atoms with van der Waals surface area (Å²) in [6.45, 7) is 18.9. The van der Waals surface area contributed by atoms with Crippen molar-refractivity contribution in [3.63, 3.8) is 0 Å². The van der Waals surface area contributed by atoms with Gasteiger partial charge in [0.05, 0.1) is 23.6 Å². The summed E-state index contributed by atoms with van der Waals surface area (Å²) in [6, 6.07) is 25.3. The maximum Gasteiger partial charge on any atom is 0.337 e. The Bertz CT molecular complexity index is 2330. The summed E-state index contributed by atoms with van der Waals surface area (Å²) < 4.78 is 14.9. The molecule has 1 saturated heterocycles. The highest BCUT2D eigenvalue weighted by Gasteiger charge is 2.32. The molecule has 0 spiro atoms. The second-order valence-electron chi connectivity index (χ2n) is 18.7. The number of piperazine rings is 1. The predicted octanol–water partition coefficient (Wildman–Crippen LogP) is 10.6. The molecule has 0 radical (unpaired) electrons. The Kier molecular flexibility index (Phi) is 12.4. The van der Waals surface area contributed by atoms with Gasteiger partial charge in [0.15, 0.2) is 0 Å². The summed E-state index contributed by atoms with van der Waals surface area (Å²) in [7, 11) is -1.18. The zero-order chi connectivity index (χ0) is 42.0. The molecule has 1 atom stereocenters. The molecule has 1 unspecified atom stereocenters. The molecule has 2 aromatic carbocycles. The van der Waals surface area contributed by atoms with Crippen molar-refractivity contribution in [1.82, 2.24) is 19.4 Å². The van der Waals surface area contributed by atoms with Crippen LogP contribution in [0.3, 0.4) is 0 Å². The van der Waals surface area contributed by atoms with Crippen LogP contribution in [-0.4, -0.2) is 91.1 Å². The van der Waals surface area contributed by atoms with Crippen LogP contribution in [0.5, 0.6) is 5.88 Å². The number of carbonyl (C=O) groups is 1. The number of ether oxygens (including phenoxy) is 2. The number of hydrogen-bond donors (Lipinski definition) is 1. The first-order valence-corrected chi connectivity index (χ1v) is 25.6. The second kappa shape index (κ2) is 17.7. The monoisotopic (exact) mass is 846 g/mol. The lowest BCUT2D eigenvalue weighted by atomic mass is 9.72. The molecule has 1 aliphatic carbocycles. The van der Waals surface area contributed by atoms with Gasteiger partial charge in [-0.15, -0.1) is 0 Å². The van der Waals surface area contributed by atoms with Gasteiger partial charge in [-0.3, -0.25) is 9.88 Å². The van der Waals surface area contributed by atoms with Crippen LogP contribution in [-0.2, 0) is 11.3 Å². The Morgan fingerprint density at radius 1 is 0.967 bits per heavy atom. The van der Waals surface area contributed by atoms with Crippen molar-refractivity contribution in [3.8, 4) is 5.88 Å². The molecule has 8 rings (SSSR count). The first kappa shape index (κ1) is 42.0. The van der Waals surface area contributed by atoms with Crippen molar-refractivity contribution >= 4 is 59.3 Å². The van der Waals surface area contributed by atoms with Crippen LogP contribution in [0, 0.1) is 5.41 Å². The molecule has 60 heavy (non-hydrogen) atoms. The third-order valence-electron chi connectivity index (χ3n) is 12.4. The highest BCUT2D eigenvalue weighted by Crippen LogP contribution is 2.45. The van der Waals surface area contributed by atoms with Crippen molar-refractivity contribution in [2.45, 2.75) is 77.9 Å². The molecule has 0 bridgehead atoms. The van der Waals surface area contributed by atoms with Gasteiger partial charge in [-0.2, -0.15) is 4.98 Å². The topological polar surface area (TPSA) is 96.2 Å². The van der Waals surface area contributed by atoms with E-state index in [-0.39, 0.29) is 17.1 Å². The van der Waals surface area contributed by atoms with Crippen LogP contribution in [0.15, 0.2) is 90.8 Å². The third-order valence-corrected chi connectivity index (χ3v) is 14.3. The fourth-order valence-corrected chi connectivity index (χ4v) is 9.68. The van der Waals surface area contributed by atoms with Crippen molar-refractivity contribution in [3.05, 3.63) is 113 Å². The Balaban J connectivity index is 1.05. The van der Waals surface area contributed by atoms with E-state index in [0.29, 0.717) is 37.7 Å². The molecule has 5 heterocycles. The van der Waals surface area contributed by atoms with E-state index >= 15 is 0 Å². The minimum atomic E-state index is -1.18. The number of aromatic nitrogens is 3. The van der Waals surface area contributed by atoms with Gasteiger partial charge in [-0.05, 0) is 96.5 Å². The van der Waals surface area contributed by atoms with E-state index in [9.17, 15) is 9.90 Å². The van der Waals surface area contributed by atoms with Gasteiger partial charge in [-0.25, -0.2) is 4.79 Å². The van der Waals surface area contributed by atoms with Crippen molar-refractivity contribution in [1.29, 1.82) is 0 Å². The number of carboxylic acids is 1. The molecule has 3 aromatic heterocycles. The number of fused-ring (bicyclic) bond motifs is 2. The lowest BCUT2D eigenvalue weighted by Gasteiger charge is -2.39. The summed E-state index contributed by atoms with van der Waals surface area (Å²) in [6.07, 6.45) is 7.42. The minimum absolute atomic E-state index is 0.245. The molecular weight excluding hydrogens is 788 g/mol. The van der Waals surface area contributed by atoms with E-state index in [2.05, 4.69) is 88.1 Å². The summed E-state index contributed by atoms with van der Waals surface area (Å²) in [5, 5.41) is 12.3. The summed E-state index contributed by atoms with van der Waals surface area (Å²) in [4.78, 5) is 29.8. The number of aromatic carboxylic acids is 1. The highest BCUT2D eigenvalue weighted by atomic mass is 35.5. The molecule has 5 aromatic rings. The fourth-order valence-electron chi connectivity index (χ4n) is 8.79. The molecule has 316 valence electrons. The van der Waals surface area contributed by atoms with Gasteiger partial charge in [-0.1, -0.05) is 68.9 Å². The summed E-state index contributed by atoms with van der Waals surface area (Å²) in [5.41, 5.74) is 8.81. The average Bonchev–Trinajstić information content (AvgIpc) is 3.52. The summed E-state index contributed by atoms with van der Waals surface area (Å²) in [5.74, 6) is -0.506. The first-order chi connectivity index (χ1) is 28.8. The number of nitrogens with zero attached hydrogens (tertiary/aromatic N) is 6. The number of rotatable bonds is 13. The zero-order valence-corrected chi connectivity index (χ0v) is 37.5. The number of halogens is 1. The number of allylic oxidation sites excluding steroid dienone is 1. The van der Waals surface area contributed by atoms with Gasteiger partial charge >= 0.3 is 5.97 Å². The SMILES string of the molecule is CC1(C)CCC(CN2CCN(c3ccc(C(=O)O)c(N4CCC(c5ccccn5)Oc5nc6c(ccn6CCOCC[Si](C)(C)C)cc54)c3)CC2)=C(c2ccc(Cl)cc2)C1. The Labute approximate surface area is 360 Å². The van der Waals surface area contributed by atoms with E-state index in [1.165, 1.54) is 23.1 Å². The number of anilines is 3. The molecule has 0 amide bonds. The van der Waals surface area contributed by atoms with Gasteiger partial charge in [0.25, 0.3) is 0 Å². The molecule has 0 saturated carbocycles. The van der Waals surface area contributed by atoms with Gasteiger partial charge in [0.1, 0.15) is 17.4 Å². The third kappa shape index (κ3) is 9.75. The van der Waals surface area contributed by atoms with Gasteiger partial charge in [0, 0.05) is 95.4 Å². The second-order valence-corrected chi connectivity index (χ2v) is 24.7. The van der Waals surface area contributed by atoms with E-state index in [1.54, 1.807) is 12.3 Å². The summed E-state index contributed by atoms with van der Waals surface area (Å²) >= 11 is 6.28. The average molecular weight is 848 g/mol. The molecular formula is C48H59ClN6O4Si. The number of hydrogen-bond acceptors (Lipinski definition) is 8. The maximum atomic E-state index is 12.9. The number of pyridine rings is 2. The Morgan fingerprint density at radius 2 is 1.77 bits per heavy atom. The maximum absolute atomic E-state index is 12.9. The normalized spacial score (nSPS) is 18.7. The van der Waals surface area contributed by atoms with Gasteiger partial charge in [0.2, 0.25) is 5.88 Å². The Hall–Kier alpha value is -4.68. The van der Waals surface area contributed by atoms with Crippen LogP contribution >= 0.6 is 11.6 Å². The van der Waals surface area contributed by atoms with E-state index < -0.39 is 14.0 Å². The van der Waals surface area contributed by atoms with Crippen molar-refractivity contribution < 1.29 is 19.4 Å². The zero-order valence-electron chi connectivity index (χ0n) is 35.8. The van der Waals surface area contributed by atoms with E-state index in [0.717, 1.165) is 91.3 Å². The van der Waals surface area contributed by atoms with Gasteiger partial charge < -0.3 is 28.9 Å². The smallest absolute Gasteiger partial charge is 0.337 e. The minimum Gasteiger partial charge on any atom is -0.478 e. The first-order valence-electron chi connectivity index (χ1n) is 21.5. The van der Waals surface area contributed by atoms with Crippen molar-refractivity contribution in [2.75, 3.05) is 62.3 Å². The fraction of sp³-hybridized carbons (Fsp3) is 0.438. The quantitative estimate of drug-likeness (QED) is 0.0918. The molecule has 1 fully saturated rings. The molecule has 1 N–H and O–H groups in total. The number of carboxylic acid groups (broad SMARTS) is 1. The lowest BCUT2D eigenvalue weighted by Crippen LogP contribution is -2.47. The van der Waals surface area contributed by atoms with Crippen LogP contribution in [0.4, 0.5) is 17.1 Å². The predicted molar refractivity (Wildman–Crippen MR) is 246 cm³/mol. The molecule has 3 aliphatic rings. The molecule has 12 heteroatoms. The van der Waals surface area contributed by atoms with Crippen molar-refractivity contribution in [2.24, 2.45) is 5.41 Å². The van der Waals surface area contributed by atoms with E-state index in [4.69, 9.17) is 26.1 Å². The Morgan fingerprint density at radius 3 is 2.50 bits per heavy atom. The van der Waals surface area contributed by atoms with Crippen LogP contribution in [0.2, 0.25) is 30.7 Å². The van der Waals surface area contributed by atoms with Crippen LogP contribution in [0.1, 0.15) is 67.3 Å². The molecule has 10 nitrogen and oxygen atoms in total. The van der Waals surface area contributed by atoms with Crippen LogP contribution < -0.4 is 14.5 Å². The lowest BCUT2D eigenvalue weighted by molar-refractivity contribution is 0.0697. The number of benzene rings is 2. The van der Waals surface area contributed by atoms with E-state index in [1.807, 2.05) is 42.6 Å². The highest BCUT2D eigenvalue weighted by molar-refractivity contribution is 6.76.